The van der Waals surface area contributed by atoms with E-state index in [1.807, 2.05) is 0 Å². The molecule has 0 aromatic heterocycles. The molecule has 4 aliphatic rings. The fourth-order valence-electron chi connectivity index (χ4n) is 6.55. The summed E-state index contributed by atoms with van der Waals surface area (Å²) in [4.78, 5) is 0. The van der Waals surface area contributed by atoms with Gasteiger partial charge in [-0.2, -0.15) is 0 Å². The highest BCUT2D eigenvalue weighted by Gasteiger charge is 2.51. The van der Waals surface area contributed by atoms with Gasteiger partial charge in [0.2, 0.25) is 0 Å². The molecule has 0 spiro atoms. The number of ether oxygens (including phenoxy) is 4. The largest absolute Gasteiger partial charge is 0.394 e. The Morgan fingerprint density at radius 2 is 0.854 bits per heavy atom. The van der Waals surface area contributed by atoms with Gasteiger partial charge in [0.1, 0.15) is 73.2 Å². The highest BCUT2D eigenvalue weighted by atomic mass is 16.7. The molecule has 2 heterocycles. The number of hydrogen-bond donors (Lipinski definition) is 16. The van der Waals surface area contributed by atoms with Crippen LogP contribution < -0.4 is 22.9 Å². The van der Waals surface area contributed by atoms with Crippen LogP contribution in [0.4, 0.5) is 0 Å². The lowest BCUT2D eigenvalue weighted by molar-refractivity contribution is -0.305. The zero-order valence-electron chi connectivity index (χ0n) is 26.8. The molecule has 0 aromatic rings. The first-order valence-corrected chi connectivity index (χ1v) is 16.0. The van der Waals surface area contributed by atoms with Crippen LogP contribution in [-0.2, 0) is 18.9 Å². The SMILES string of the molecule is C[C@@H]1CC(N)[C@@H](O[C@H]2OC([C@@H](O)CO)[C@@H](O)[C@H](O)C2N)[C@H](O)C1O.C[C@@H]1CC(N)[C@@H](O[C@H]2OC([C@H](O)CO)[C@@H](O)[C@H](O)C2N)[C@H](O)C1O. The molecule has 284 valence electrons. The van der Waals surface area contributed by atoms with Gasteiger partial charge in [0, 0.05) is 12.1 Å². The maximum atomic E-state index is 10.2. The third kappa shape index (κ3) is 8.97. The van der Waals surface area contributed by atoms with Crippen molar-refractivity contribution in [2.24, 2.45) is 34.8 Å². The molecule has 2 aliphatic heterocycles. The molecular weight excluding hydrogens is 648 g/mol. The average molecular weight is 705 g/mol. The maximum Gasteiger partial charge on any atom is 0.176 e. The number of hydrogen-bond acceptors (Lipinski definition) is 20. The number of rotatable bonds is 8. The summed E-state index contributed by atoms with van der Waals surface area (Å²) in [6, 6.07) is -3.53. The van der Waals surface area contributed by atoms with E-state index in [9.17, 15) is 51.1 Å². The van der Waals surface area contributed by atoms with E-state index in [4.69, 9.17) is 52.1 Å². The van der Waals surface area contributed by atoms with Crippen LogP contribution in [0.15, 0.2) is 0 Å². The van der Waals surface area contributed by atoms with Crippen LogP contribution in [-0.4, -0.2) is 197 Å². The van der Waals surface area contributed by atoms with E-state index < -0.39 is 135 Å². The van der Waals surface area contributed by atoms with E-state index in [1.165, 1.54) is 0 Å². The number of aliphatic hydroxyl groups excluding tert-OH is 12. The van der Waals surface area contributed by atoms with E-state index in [1.54, 1.807) is 13.8 Å². The Kier molecular flexibility index (Phi) is 15.3. The van der Waals surface area contributed by atoms with Crippen molar-refractivity contribution in [3.63, 3.8) is 0 Å². The Morgan fingerprint density at radius 3 is 1.15 bits per heavy atom. The van der Waals surface area contributed by atoms with Crippen molar-refractivity contribution in [1.82, 2.24) is 0 Å². The second-order valence-electron chi connectivity index (χ2n) is 13.5. The Bertz CT molecular complexity index is 906. The monoisotopic (exact) mass is 704 g/mol. The zero-order chi connectivity index (χ0) is 36.4. The minimum atomic E-state index is -1.52. The quantitative estimate of drug-likeness (QED) is 0.111. The molecule has 20 heteroatoms. The molecule has 22 atom stereocenters. The maximum absolute atomic E-state index is 10.2. The molecule has 48 heavy (non-hydrogen) atoms. The summed E-state index contributed by atoms with van der Waals surface area (Å²) < 4.78 is 21.9. The van der Waals surface area contributed by atoms with Crippen LogP contribution in [0, 0.1) is 11.8 Å². The van der Waals surface area contributed by atoms with Crippen molar-refractivity contribution < 1.29 is 80.2 Å². The van der Waals surface area contributed by atoms with E-state index in [2.05, 4.69) is 0 Å². The molecule has 2 saturated heterocycles. The predicted molar refractivity (Wildman–Crippen MR) is 161 cm³/mol. The lowest BCUT2D eigenvalue weighted by Crippen LogP contribution is -2.67. The van der Waals surface area contributed by atoms with Gasteiger partial charge >= 0.3 is 0 Å². The van der Waals surface area contributed by atoms with Crippen LogP contribution in [0.1, 0.15) is 26.7 Å². The lowest BCUT2D eigenvalue weighted by Gasteiger charge is -2.46. The molecule has 20 nitrogen and oxygen atoms in total. The Labute approximate surface area is 277 Å². The smallest absolute Gasteiger partial charge is 0.176 e. The van der Waals surface area contributed by atoms with Gasteiger partial charge in [-0.3, -0.25) is 0 Å². The third-order valence-corrected chi connectivity index (χ3v) is 9.76. The van der Waals surface area contributed by atoms with Crippen LogP contribution in [0.3, 0.4) is 0 Å². The van der Waals surface area contributed by atoms with Gasteiger partial charge in [-0.05, 0) is 24.7 Å². The van der Waals surface area contributed by atoms with Crippen LogP contribution in [0.2, 0.25) is 0 Å². The van der Waals surface area contributed by atoms with Crippen molar-refractivity contribution in [3.05, 3.63) is 0 Å². The topological polar surface area (TPSA) is 384 Å². The van der Waals surface area contributed by atoms with Crippen molar-refractivity contribution in [2.75, 3.05) is 13.2 Å². The van der Waals surface area contributed by atoms with Crippen molar-refractivity contribution >= 4 is 0 Å². The summed E-state index contributed by atoms with van der Waals surface area (Å²) in [5.74, 6) is -0.431. The zero-order valence-corrected chi connectivity index (χ0v) is 26.8. The van der Waals surface area contributed by atoms with Crippen molar-refractivity contribution in [3.8, 4) is 0 Å². The Balaban J connectivity index is 0.000000260. The summed E-state index contributed by atoms with van der Waals surface area (Å²) in [7, 11) is 0. The van der Waals surface area contributed by atoms with Gasteiger partial charge in [-0.25, -0.2) is 0 Å². The number of nitrogens with two attached hydrogens (primary N) is 4. The number of aliphatic hydroxyl groups is 12. The van der Waals surface area contributed by atoms with Gasteiger partial charge in [0.15, 0.2) is 12.6 Å². The molecule has 0 bridgehead atoms. The summed E-state index contributed by atoms with van der Waals surface area (Å²) in [5, 5.41) is 118. The average Bonchev–Trinajstić information content (AvgIpc) is 3.05. The highest BCUT2D eigenvalue weighted by Crippen LogP contribution is 2.32. The molecule has 0 radical (unpaired) electrons. The molecular formula is C28H56N4O16. The Morgan fingerprint density at radius 1 is 0.542 bits per heavy atom. The standard InChI is InChI=1S/2C14H28N2O8/c2*1-4-2-5(15)12(10(21)8(4)19)23-14-7(16)9(20)11(22)13(24-14)6(18)3-17/h2*4-14,17-22H,2-3,15-16H2,1H3/t4-,5?,6+,7?,8?,9-,10-,11+,12-,13?,14+;4-,5?,6-,7?,8?,9-,10-,11+,12-,13?,14+/m11/s1. The molecule has 0 amide bonds. The highest BCUT2D eigenvalue weighted by molar-refractivity contribution is 5.00. The first-order valence-electron chi connectivity index (χ1n) is 16.0. The molecule has 4 rings (SSSR count). The van der Waals surface area contributed by atoms with Gasteiger partial charge in [-0.1, -0.05) is 13.8 Å². The first kappa shape index (κ1) is 41.6. The summed E-state index contributed by atoms with van der Waals surface area (Å²) in [6.45, 7) is 2.11. The van der Waals surface area contributed by atoms with Gasteiger partial charge in [0.05, 0.1) is 37.5 Å². The first-order chi connectivity index (χ1) is 22.4. The Hall–Kier alpha value is -0.800. The fraction of sp³-hybridized carbons (Fsp3) is 1.00. The summed E-state index contributed by atoms with van der Waals surface area (Å²) in [6.07, 6.45) is -19.9. The molecule has 2 aliphatic carbocycles. The van der Waals surface area contributed by atoms with E-state index in [0.717, 1.165) is 0 Å². The summed E-state index contributed by atoms with van der Waals surface area (Å²) >= 11 is 0. The molecule has 2 saturated carbocycles. The van der Waals surface area contributed by atoms with Crippen LogP contribution in [0.25, 0.3) is 0 Å². The second kappa shape index (κ2) is 17.6. The lowest BCUT2D eigenvalue weighted by atomic mass is 9.80. The summed E-state index contributed by atoms with van der Waals surface area (Å²) in [5.41, 5.74) is 23.5. The minimum absolute atomic E-state index is 0.216. The van der Waals surface area contributed by atoms with Gasteiger partial charge < -0.3 is 103 Å². The van der Waals surface area contributed by atoms with E-state index in [0.29, 0.717) is 12.8 Å². The van der Waals surface area contributed by atoms with E-state index in [-0.39, 0.29) is 11.8 Å². The third-order valence-electron chi connectivity index (χ3n) is 9.76. The predicted octanol–water partition coefficient (Wildman–Crippen LogP) is -8.82. The fourth-order valence-corrected chi connectivity index (χ4v) is 6.55. The minimum Gasteiger partial charge on any atom is -0.394 e. The van der Waals surface area contributed by atoms with Crippen LogP contribution in [0.5, 0.6) is 0 Å². The van der Waals surface area contributed by atoms with Gasteiger partial charge in [-0.15, -0.1) is 0 Å². The van der Waals surface area contributed by atoms with Crippen molar-refractivity contribution in [2.45, 2.75) is 149 Å². The van der Waals surface area contributed by atoms with Crippen LogP contribution >= 0.6 is 0 Å². The molecule has 0 aromatic carbocycles. The molecule has 4 fully saturated rings. The molecule has 8 unspecified atom stereocenters. The van der Waals surface area contributed by atoms with Gasteiger partial charge in [0.25, 0.3) is 0 Å². The van der Waals surface area contributed by atoms with Crippen molar-refractivity contribution in [1.29, 1.82) is 0 Å². The van der Waals surface area contributed by atoms with E-state index >= 15 is 0 Å². The normalized spacial score (nSPS) is 51.4. The second-order valence-corrected chi connectivity index (χ2v) is 13.5. The molecule has 20 N–H and O–H groups in total.